The van der Waals surface area contributed by atoms with Gasteiger partial charge >= 0.3 is 0 Å². The van der Waals surface area contributed by atoms with Gasteiger partial charge in [-0.15, -0.1) is 0 Å². The molecule has 1 aliphatic heterocycles. The fraction of sp³-hybridized carbons (Fsp3) is 0.700. The van der Waals surface area contributed by atoms with Crippen LogP contribution in [0, 0.1) is 0 Å². The van der Waals surface area contributed by atoms with Gasteiger partial charge in [0.05, 0.1) is 6.20 Å². The Morgan fingerprint density at radius 2 is 2.29 bits per heavy atom. The van der Waals surface area contributed by atoms with E-state index in [-0.39, 0.29) is 0 Å². The van der Waals surface area contributed by atoms with Crippen LogP contribution in [0.25, 0.3) is 0 Å². The molecule has 0 radical (unpaired) electrons. The summed E-state index contributed by atoms with van der Waals surface area (Å²) in [5.41, 5.74) is 5.45. The topological polar surface area (TPSA) is 64.1 Å². The van der Waals surface area contributed by atoms with Crippen molar-refractivity contribution in [2.24, 2.45) is 5.73 Å². The molecule has 78 valence electrons. The van der Waals surface area contributed by atoms with Crippen LogP contribution in [0.3, 0.4) is 0 Å². The van der Waals surface area contributed by atoms with E-state index in [1.54, 1.807) is 0 Å². The van der Waals surface area contributed by atoms with Crippen molar-refractivity contribution < 1.29 is 4.42 Å². The smallest absolute Gasteiger partial charge is 0.197 e. The molecule has 1 aromatic rings. The molecule has 1 saturated heterocycles. The molecule has 14 heavy (non-hydrogen) atoms. The van der Waals surface area contributed by atoms with Gasteiger partial charge in [-0.25, -0.2) is 4.98 Å². The average Bonchev–Trinajstić information content (AvgIpc) is 2.68. The molecule has 0 saturated carbocycles. The Hall–Kier alpha value is -0.870. The molecule has 0 aromatic carbocycles. The summed E-state index contributed by atoms with van der Waals surface area (Å²) in [4.78, 5) is 4.31. The van der Waals surface area contributed by atoms with Gasteiger partial charge in [-0.2, -0.15) is 0 Å². The number of nitrogens with one attached hydrogen (secondary N) is 1. The first-order valence-corrected chi connectivity index (χ1v) is 5.25. The summed E-state index contributed by atoms with van der Waals surface area (Å²) >= 11 is 0. The summed E-state index contributed by atoms with van der Waals surface area (Å²) in [5, 5.41) is 3.33. The van der Waals surface area contributed by atoms with E-state index in [0.717, 1.165) is 44.0 Å². The molecule has 3 N–H and O–H groups in total. The summed E-state index contributed by atoms with van der Waals surface area (Å²) in [7, 11) is 0. The van der Waals surface area contributed by atoms with Crippen LogP contribution in [0.2, 0.25) is 0 Å². The first kappa shape index (κ1) is 9.68. The number of nitrogens with two attached hydrogens (primary N) is 1. The van der Waals surface area contributed by atoms with E-state index in [9.17, 15) is 0 Å². The van der Waals surface area contributed by atoms with Gasteiger partial charge in [0.2, 0.25) is 0 Å². The molecule has 0 atom stereocenters. The number of hydrogen-bond donors (Lipinski definition) is 2. The van der Waals surface area contributed by atoms with Crippen LogP contribution in [0.5, 0.6) is 0 Å². The zero-order valence-electron chi connectivity index (χ0n) is 8.33. The van der Waals surface area contributed by atoms with Crippen molar-refractivity contribution in [1.29, 1.82) is 0 Å². The van der Waals surface area contributed by atoms with Gasteiger partial charge in [-0.3, -0.25) is 0 Å². The van der Waals surface area contributed by atoms with Crippen LogP contribution in [-0.4, -0.2) is 24.6 Å². The standard InChI is InChI=1S/C10H17N3O/c11-4-1-9-7-13-10(14-9)8-2-5-12-6-3-8/h7-8,12H,1-6,11H2. The summed E-state index contributed by atoms with van der Waals surface area (Å²) in [6.07, 6.45) is 4.85. The average molecular weight is 195 g/mol. The highest BCUT2D eigenvalue weighted by Gasteiger charge is 2.19. The van der Waals surface area contributed by atoms with Crippen LogP contribution in [0.1, 0.15) is 30.4 Å². The molecular weight excluding hydrogens is 178 g/mol. The van der Waals surface area contributed by atoms with Crippen LogP contribution >= 0.6 is 0 Å². The van der Waals surface area contributed by atoms with E-state index in [4.69, 9.17) is 10.2 Å². The number of hydrogen-bond acceptors (Lipinski definition) is 4. The molecule has 0 bridgehead atoms. The SMILES string of the molecule is NCCc1cnc(C2CCNCC2)o1. The molecule has 0 aliphatic carbocycles. The highest BCUT2D eigenvalue weighted by molar-refractivity contribution is 5.00. The Balaban J connectivity index is 2.00. The quantitative estimate of drug-likeness (QED) is 0.743. The number of rotatable bonds is 3. The number of aromatic nitrogens is 1. The van der Waals surface area contributed by atoms with Crippen LogP contribution in [0.15, 0.2) is 10.6 Å². The maximum Gasteiger partial charge on any atom is 0.197 e. The molecule has 1 aromatic heterocycles. The molecule has 2 rings (SSSR count). The molecule has 2 heterocycles. The zero-order valence-corrected chi connectivity index (χ0v) is 8.33. The Labute approximate surface area is 83.9 Å². The van der Waals surface area contributed by atoms with Crippen molar-refractivity contribution in [2.75, 3.05) is 19.6 Å². The highest BCUT2D eigenvalue weighted by Crippen LogP contribution is 2.24. The minimum Gasteiger partial charge on any atom is -0.445 e. The van der Waals surface area contributed by atoms with Gasteiger partial charge in [-0.05, 0) is 32.5 Å². The summed E-state index contributed by atoms with van der Waals surface area (Å²) < 4.78 is 5.64. The van der Waals surface area contributed by atoms with E-state index in [2.05, 4.69) is 10.3 Å². The summed E-state index contributed by atoms with van der Waals surface area (Å²) in [6, 6.07) is 0. The van der Waals surface area contributed by atoms with Crippen LogP contribution < -0.4 is 11.1 Å². The van der Waals surface area contributed by atoms with Gasteiger partial charge in [-0.1, -0.05) is 0 Å². The molecule has 0 amide bonds. The van der Waals surface area contributed by atoms with Crippen molar-refractivity contribution in [1.82, 2.24) is 10.3 Å². The van der Waals surface area contributed by atoms with Gasteiger partial charge in [0.1, 0.15) is 5.76 Å². The van der Waals surface area contributed by atoms with E-state index in [1.165, 1.54) is 0 Å². The van der Waals surface area contributed by atoms with Crippen LogP contribution in [-0.2, 0) is 6.42 Å². The summed E-state index contributed by atoms with van der Waals surface area (Å²) in [5.74, 6) is 2.32. The van der Waals surface area contributed by atoms with E-state index >= 15 is 0 Å². The van der Waals surface area contributed by atoms with Gasteiger partial charge in [0.15, 0.2) is 5.89 Å². The van der Waals surface area contributed by atoms with Crippen molar-refractivity contribution in [3.63, 3.8) is 0 Å². The van der Waals surface area contributed by atoms with E-state index in [1.807, 2.05) is 6.20 Å². The molecular formula is C10H17N3O. The lowest BCUT2D eigenvalue weighted by atomic mass is 9.98. The molecule has 4 heteroatoms. The fourth-order valence-electron chi connectivity index (χ4n) is 1.84. The van der Waals surface area contributed by atoms with Crippen molar-refractivity contribution >= 4 is 0 Å². The maximum absolute atomic E-state index is 5.64. The normalized spacial score (nSPS) is 18.6. The second-order valence-electron chi connectivity index (χ2n) is 3.73. The predicted molar refractivity (Wildman–Crippen MR) is 54.1 cm³/mol. The lowest BCUT2D eigenvalue weighted by Gasteiger charge is -2.19. The van der Waals surface area contributed by atoms with Crippen molar-refractivity contribution in [3.8, 4) is 0 Å². The second kappa shape index (κ2) is 4.57. The van der Waals surface area contributed by atoms with Gasteiger partial charge in [0.25, 0.3) is 0 Å². The van der Waals surface area contributed by atoms with E-state index in [0.29, 0.717) is 12.5 Å². The Bertz CT molecular complexity index is 279. The highest BCUT2D eigenvalue weighted by atomic mass is 16.4. The van der Waals surface area contributed by atoms with Gasteiger partial charge < -0.3 is 15.5 Å². The van der Waals surface area contributed by atoms with Crippen LogP contribution in [0.4, 0.5) is 0 Å². The fourth-order valence-corrected chi connectivity index (χ4v) is 1.84. The largest absolute Gasteiger partial charge is 0.445 e. The Morgan fingerprint density at radius 3 is 3.00 bits per heavy atom. The molecule has 0 unspecified atom stereocenters. The minimum atomic E-state index is 0.503. The molecule has 4 nitrogen and oxygen atoms in total. The maximum atomic E-state index is 5.64. The predicted octanol–water partition coefficient (Wildman–Crippen LogP) is 0.643. The molecule has 0 spiro atoms. The van der Waals surface area contributed by atoms with Gasteiger partial charge in [0, 0.05) is 12.3 Å². The number of oxazole rings is 1. The minimum absolute atomic E-state index is 0.503. The summed E-state index contributed by atoms with van der Waals surface area (Å²) in [6.45, 7) is 2.76. The Morgan fingerprint density at radius 1 is 1.50 bits per heavy atom. The number of piperidine rings is 1. The first-order valence-electron chi connectivity index (χ1n) is 5.25. The molecule has 1 aliphatic rings. The van der Waals surface area contributed by atoms with Crippen molar-refractivity contribution in [3.05, 3.63) is 17.8 Å². The van der Waals surface area contributed by atoms with Crippen molar-refractivity contribution in [2.45, 2.75) is 25.2 Å². The monoisotopic (exact) mass is 195 g/mol. The molecule has 1 fully saturated rings. The second-order valence-corrected chi connectivity index (χ2v) is 3.73. The first-order chi connectivity index (χ1) is 6.90. The third kappa shape index (κ3) is 2.13. The third-order valence-electron chi connectivity index (χ3n) is 2.65. The lowest BCUT2D eigenvalue weighted by molar-refractivity contribution is 0.361. The zero-order chi connectivity index (χ0) is 9.80. The number of nitrogens with zero attached hydrogens (tertiary/aromatic N) is 1. The van der Waals surface area contributed by atoms with E-state index < -0.39 is 0 Å². The Kier molecular flexibility index (Phi) is 3.16. The lowest BCUT2D eigenvalue weighted by Crippen LogP contribution is -2.26. The third-order valence-corrected chi connectivity index (χ3v) is 2.65.